The summed E-state index contributed by atoms with van der Waals surface area (Å²) >= 11 is 0. The molecule has 0 amide bonds. The third kappa shape index (κ3) is 5.01. The van der Waals surface area contributed by atoms with Crippen LogP contribution in [0.3, 0.4) is 0 Å². The molecule has 0 aliphatic carbocycles. The van der Waals surface area contributed by atoms with Crippen molar-refractivity contribution in [3.8, 4) is 0 Å². The Hall–Kier alpha value is -1.98. The van der Waals surface area contributed by atoms with Gasteiger partial charge in [-0.2, -0.15) is 26.3 Å². The Bertz CT molecular complexity index is 598. The Morgan fingerprint density at radius 2 is 1.00 bits per heavy atom. The molecule has 0 bridgehead atoms. The van der Waals surface area contributed by atoms with Crippen LogP contribution in [0.15, 0.2) is 48.5 Å². The highest BCUT2D eigenvalue weighted by Gasteiger charge is 2.32. The van der Waals surface area contributed by atoms with Crippen molar-refractivity contribution < 1.29 is 26.3 Å². The minimum atomic E-state index is -4.48. The highest BCUT2D eigenvalue weighted by atomic mass is 19.4. The predicted molar refractivity (Wildman–Crippen MR) is 81.8 cm³/mol. The molecule has 132 valence electrons. The van der Waals surface area contributed by atoms with Crippen LogP contribution in [-0.2, 0) is 12.4 Å². The molecule has 0 atom stereocenters. The van der Waals surface area contributed by atoms with E-state index in [9.17, 15) is 26.3 Å². The molecular weight excluding hydrogens is 330 g/mol. The summed E-state index contributed by atoms with van der Waals surface area (Å²) < 4.78 is 76.2. The quantitative estimate of drug-likeness (QED) is 0.518. The lowest BCUT2D eigenvalue weighted by Gasteiger charge is -2.16. The molecule has 2 rings (SSSR count). The summed E-state index contributed by atoms with van der Waals surface area (Å²) in [5.74, 6) is -0.579. The van der Waals surface area contributed by atoms with Crippen molar-refractivity contribution in [2.45, 2.75) is 39.0 Å². The van der Waals surface area contributed by atoms with Gasteiger partial charge in [0.05, 0.1) is 11.1 Å². The maximum Gasteiger partial charge on any atom is 0.416 e. The number of rotatable bonds is 2. The normalized spacial score (nSPS) is 11.9. The Labute approximate surface area is 137 Å². The molecule has 0 saturated heterocycles. The largest absolute Gasteiger partial charge is 0.416 e. The summed E-state index contributed by atoms with van der Waals surface area (Å²) in [5.41, 5.74) is -1.00. The first kappa shape index (κ1) is 20.1. The van der Waals surface area contributed by atoms with E-state index in [2.05, 4.69) is 0 Å². The maximum atomic E-state index is 12.7. The van der Waals surface area contributed by atoms with Gasteiger partial charge in [0, 0.05) is 5.92 Å². The number of hydrogen-bond acceptors (Lipinski definition) is 0. The van der Waals surface area contributed by atoms with E-state index in [4.69, 9.17) is 0 Å². The van der Waals surface area contributed by atoms with Crippen molar-refractivity contribution in [3.05, 3.63) is 70.8 Å². The first-order valence-electron chi connectivity index (χ1n) is 7.43. The molecule has 0 aromatic heterocycles. The molecular formula is C18H18F6. The van der Waals surface area contributed by atoms with Crippen molar-refractivity contribution in [1.29, 1.82) is 0 Å². The van der Waals surface area contributed by atoms with Crippen molar-refractivity contribution in [1.82, 2.24) is 0 Å². The molecule has 0 radical (unpaired) electrons. The highest BCUT2D eigenvalue weighted by molar-refractivity contribution is 5.37. The summed E-state index contributed by atoms with van der Waals surface area (Å²) in [4.78, 5) is 0. The van der Waals surface area contributed by atoms with Crippen LogP contribution in [-0.4, -0.2) is 0 Å². The van der Waals surface area contributed by atoms with Crippen molar-refractivity contribution in [2.75, 3.05) is 0 Å². The fourth-order valence-corrected chi connectivity index (χ4v) is 2.16. The zero-order valence-electron chi connectivity index (χ0n) is 13.5. The average Bonchev–Trinajstić information content (AvgIpc) is 2.55. The predicted octanol–water partition coefficient (Wildman–Crippen LogP) is 6.90. The summed E-state index contributed by atoms with van der Waals surface area (Å²) in [6, 6.07) is 9.24. The molecule has 0 N–H and O–H groups in total. The van der Waals surface area contributed by atoms with Gasteiger partial charge in [-0.3, -0.25) is 0 Å². The van der Waals surface area contributed by atoms with Crippen LogP contribution < -0.4 is 0 Å². The van der Waals surface area contributed by atoms with Gasteiger partial charge in [-0.15, -0.1) is 0 Å². The summed E-state index contributed by atoms with van der Waals surface area (Å²) in [6.07, 6.45) is -8.97. The standard InChI is InChI=1S/C16H12F6.C2H6/c1-10(11-4-2-6-13(8-11)15(17,18)19)12-5-3-7-14(9-12)16(20,21)22;1-2/h2-10H,1H3;1-2H3. The molecule has 0 unspecified atom stereocenters. The van der Waals surface area contributed by atoms with Crippen LogP contribution in [0.25, 0.3) is 0 Å². The second kappa shape index (κ2) is 7.73. The van der Waals surface area contributed by atoms with Gasteiger partial charge >= 0.3 is 12.4 Å². The zero-order chi connectivity index (χ0) is 18.5. The summed E-state index contributed by atoms with van der Waals surface area (Å²) in [5, 5.41) is 0. The summed E-state index contributed by atoms with van der Waals surface area (Å²) in [6.45, 7) is 5.57. The van der Waals surface area contributed by atoms with Gasteiger partial charge in [0.2, 0.25) is 0 Å². The molecule has 6 heteroatoms. The summed E-state index contributed by atoms with van der Waals surface area (Å²) in [7, 11) is 0. The Morgan fingerprint density at radius 1 is 0.667 bits per heavy atom. The lowest BCUT2D eigenvalue weighted by molar-refractivity contribution is -0.138. The van der Waals surface area contributed by atoms with Gasteiger partial charge in [0.25, 0.3) is 0 Å². The molecule has 24 heavy (non-hydrogen) atoms. The highest BCUT2D eigenvalue weighted by Crippen LogP contribution is 2.35. The zero-order valence-corrected chi connectivity index (χ0v) is 13.5. The third-order valence-electron chi connectivity index (χ3n) is 3.43. The number of halogens is 6. The van der Waals surface area contributed by atoms with Crippen LogP contribution in [0.1, 0.15) is 48.9 Å². The molecule has 0 heterocycles. The fraction of sp³-hybridized carbons (Fsp3) is 0.333. The van der Waals surface area contributed by atoms with Gasteiger partial charge in [0.1, 0.15) is 0 Å². The van der Waals surface area contributed by atoms with Crippen LogP contribution in [0.2, 0.25) is 0 Å². The van der Waals surface area contributed by atoms with Crippen LogP contribution in [0.5, 0.6) is 0 Å². The topological polar surface area (TPSA) is 0 Å². The number of alkyl halides is 6. The van der Waals surface area contributed by atoms with E-state index in [1.54, 1.807) is 6.92 Å². The minimum Gasteiger partial charge on any atom is -0.166 e. The van der Waals surface area contributed by atoms with Gasteiger partial charge in [-0.05, 0) is 23.3 Å². The number of benzene rings is 2. The van der Waals surface area contributed by atoms with E-state index < -0.39 is 29.4 Å². The van der Waals surface area contributed by atoms with Gasteiger partial charge in [-0.1, -0.05) is 57.2 Å². The van der Waals surface area contributed by atoms with E-state index in [1.165, 1.54) is 24.3 Å². The first-order chi connectivity index (χ1) is 11.1. The Morgan fingerprint density at radius 3 is 1.29 bits per heavy atom. The van der Waals surface area contributed by atoms with E-state index in [1.807, 2.05) is 13.8 Å². The number of hydrogen-bond donors (Lipinski definition) is 0. The molecule has 0 spiro atoms. The molecule has 2 aromatic carbocycles. The van der Waals surface area contributed by atoms with Crippen molar-refractivity contribution in [3.63, 3.8) is 0 Å². The van der Waals surface area contributed by atoms with E-state index in [0.717, 1.165) is 24.3 Å². The van der Waals surface area contributed by atoms with E-state index >= 15 is 0 Å². The fourth-order valence-electron chi connectivity index (χ4n) is 2.16. The van der Waals surface area contributed by atoms with Crippen LogP contribution >= 0.6 is 0 Å². The monoisotopic (exact) mass is 348 g/mol. The molecule has 0 aliphatic heterocycles. The smallest absolute Gasteiger partial charge is 0.166 e. The Kier molecular flexibility index (Phi) is 6.46. The first-order valence-corrected chi connectivity index (χ1v) is 7.43. The minimum absolute atomic E-state index is 0.314. The average molecular weight is 348 g/mol. The van der Waals surface area contributed by atoms with Crippen LogP contribution in [0, 0.1) is 0 Å². The van der Waals surface area contributed by atoms with E-state index in [-0.39, 0.29) is 0 Å². The lowest BCUT2D eigenvalue weighted by Crippen LogP contribution is -2.08. The van der Waals surface area contributed by atoms with Crippen molar-refractivity contribution >= 4 is 0 Å². The molecule has 0 nitrogen and oxygen atoms in total. The molecule has 0 saturated carbocycles. The van der Waals surface area contributed by atoms with Gasteiger partial charge in [-0.25, -0.2) is 0 Å². The van der Waals surface area contributed by atoms with E-state index in [0.29, 0.717) is 11.1 Å². The molecule has 2 aromatic rings. The lowest BCUT2D eigenvalue weighted by atomic mass is 9.91. The van der Waals surface area contributed by atoms with Crippen molar-refractivity contribution in [2.24, 2.45) is 0 Å². The second-order valence-corrected chi connectivity index (χ2v) is 4.97. The SMILES string of the molecule is CC.CC(c1cccc(C(F)(F)F)c1)c1cccc(C(F)(F)F)c1. The third-order valence-corrected chi connectivity index (χ3v) is 3.43. The van der Waals surface area contributed by atoms with Gasteiger partial charge < -0.3 is 0 Å². The van der Waals surface area contributed by atoms with Crippen LogP contribution in [0.4, 0.5) is 26.3 Å². The molecule has 0 fully saturated rings. The molecule has 0 aliphatic rings. The Balaban J connectivity index is 0.00000139. The maximum absolute atomic E-state index is 12.7. The second-order valence-electron chi connectivity index (χ2n) is 4.97. The van der Waals surface area contributed by atoms with Gasteiger partial charge in [0.15, 0.2) is 0 Å².